The smallest absolute Gasteiger partial charge is 0.222 e. The van der Waals surface area contributed by atoms with Crippen molar-refractivity contribution in [3.05, 3.63) is 0 Å². The van der Waals surface area contributed by atoms with Gasteiger partial charge in [0.1, 0.15) is 0 Å². The topological polar surface area (TPSA) is 32.3 Å². The van der Waals surface area contributed by atoms with E-state index in [-0.39, 0.29) is 12.4 Å². The third kappa shape index (κ3) is 4.92. The highest BCUT2D eigenvalue weighted by Crippen LogP contribution is 2.30. The molecule has 0 spiro atoms. The molecule has 2 aliphatic rings. The highest BCUT2D eigenvalue weighted by Gasteiger charge is 2.30. The molecule has 0 aromatic carbocycles. The van der Waals surface area contributed by atoms with Crippen LogP contribution in [-0.2, 0) is 4.79 Å². The summed E-state index contributed by atoms with van der Waals surface area (Å²) in [4.78, 5) is 14.6. The van der Waals surface area contributed by atoms with E-state index in [1.54, 1.807) is 0 Å². The van der Waals surface area contributed by atoms with Crippen LogP contribution in [0.1, 0.15) is 52.9 Å². The summed E-state index contributed by atoms with van der Waals surface area (Å²) in [6.45, 7) is 11.0. The number of nitrogens with one attached hydrogen (secondary N) is 1. The number of amides is 1. The lowest BCUT2D eigenvalue weighted by molar-refractivity contribution is -0.135. The first kappa shape index (κ1) is 17.8. The van der Waals surface area contributed by atoms with Crippen LogP contribution in [0.3, 0.4) is 0 Å². The van der Waals surface area contributed by atoms with Crippen molar-refractivity contribution >= 4 is 18.3 Å². The SMILES string of the molecule is CC(CC(=O)N1CCCC(C)(C)C1)C1CCCNC1.Cl. The van der Waals surface area contributed by atoms with Gasteiger partial charge in [-0.15, -0.1) is 12.4 Å². The molecule has 2 saturated heterocycles. The van der Waals surface area contributed by atoms with Gasteiger partial charge >= 0.3 is 0 Å². The Kier molecular flexibility index (Phi) is 6.80. The lowest BCUT2D eigenvalue weighted by Gasteiger charge is -2.39. The number of carbonyl (C=O) groups is 1. The highest BCUT2D eigenvalue weighted by atomic mass is 35.5. The largest absolute Gasteiger partial charge is 0.342 e. The van der Waals surface area contributed by atoms with Gasteiger partial charge < -0.3 is 10.2 Å². The van der Waals surface area contributed by atoms with Crippen LogP contribution in [-0.4, -0.2) is 37.0 Å². The number of hydrogen-bond donors (Lipinski definition) is 1. The Bertz CT molecular complexity index is 314. The van der Waals surface area contributed by atoms with Gasteiger partial charge in [0.15, 0.2) is 0 Å². The first-order valence-electron chi connectivity index (χ1n) is 7.96. The monoisotopic (exact) mass is 302 g/mol. The third-order valence-electron chi connectivity index (χ3n) is 4.89. The van der Waals surface area contributed by atoms with Crippen LogP contribution >= 0.6 is 12.4 Å². The number of carbonyl (C=O) groups excluding carboxylic acids is 1. The molecular formula is C16H31ClN2O. The van der Waals surface area contributed by atoms with Crippen molar-refractivity contribution in [3.8, 4) is 0 Å². The molecule has 2 unspecified atom stereocenters. The van der Waals surface area contributed by atoms with Crippen molar-refractivity contribution in [2.24, 2.45) is 17.3 Å². The fraction of sp³-hybridized carbons (Fsp3) is 0.938. The summed E-state index contributed by atoms with van der Waals surface area (Å²) < 4.78 is 0. The first-order valence-corrected chi connectivity index (χ1v) is 7.96. The summed E-state index contributed by atoms with van der Waals surface area (Å²) in [7, 11) is 0. The van der Waals surface area contributed by atoms with E-state index >= 15 is 0 Å². The van der Waals surface area contributed by atoms with E-state index in [0.29, 0.717) is 23.2 Å². The first-order chi connectivity index (χ1) is 8.98. The van der Waals surface area contributed by atoms with Gasteiger partial charge in [0, 0.05) is 19.5 Å². The van der Waals surface area contributed by atoms with Crippen LogP contribution in [0.5, 0.6) is 0 Å². The van der Waals surface area contributed by atoms with Crippen LogP contribution in [0, 0.1) is 17.3 Å². The number of hydrogen-bond acceptors (Lipinski definition) is 2. The summed E-state index contributed by atoms with van der Waals surface area (Å²) >= 11 is 0. The Labute approximate surface area is 130 Å². The van der Waals surface area contributed by atoms with E-state index in [0.717, 1.165) is 39.0 Å². The fourth-order valence-electron chi connectivity index (χ4n) is 3.57. The summed E-state index contributed by atoms with van der Waals surface area (Å²) in [5.74, 6) is 1.59. The molecular weight excluding hydrogens is 272 g/mol. The maximum atomic E-state index is 12.4. The zero-order valence-electron chi connectivity index (χ0n) is 13.3. The van der Waals surface area contributed by atoms with Crippen LogP contribution in [0.25, 0.3) is 0 Å². The van der Waals surface area contributed by atoms with Gasteiger partial charge in [-0.1, -0.05) is 20.8 Å². The predicted molar refractivity (Wildman–Crippen MR) is 86.2 cm³/mol. The van der Waals surface area contributed by atoms with Crippen LogP contribution in [0.2, 0.25) is 0 Å². The second kappa shape index (κ2) is 7.65. The Morgan fingerprint density at radius 3 is 2.75 bits per heavy atom. The predicted octanol–water partition coefficient (Wildman–Crippen LogP) is 3.08. The minimum Gasteiger partial charge on any atom is -0.342 e. The molecule has 0 radical (unpaired) electrons. The van der Waals surface area contributed by atoms with Gasteiger partial charge in [0.2, 0.25) is 5.91 Å². The molecule has 0 bridgehead atoms. The molecule has 2 fully saturated rings. The molecule has 0 aromatic rings. The molecule has 0 aliphatic carbocycles. The Morgan fingerprint density at radius 1 is 1.40 bits per heavy atom. The molecule has 0 aromatic heterocycles. The summed E-state index contributed by atoms with van der Waals surface area (Å²) in [5.41, 5.74) is 0.309. The maximum Gasteiger partial charge on any atom is 0.222 e. The molecule has 4 heteroatoms. The second-order valence-corrected chi connectivity index (χ2v) is 7.37. The van der Waals surface area contributed by atoms with E-state index in [2.05, 4.69) is 31.0 Å². The minimum absolute atomic E-state index is 0. The van der Waals surface area contributed by atoms with Gasteiger partial charge in [0.25, 0.3) is 0 Å². The fourth-order valence-corrected chi connectivity index (χ4v) is 3.57. The average Bonchev–Trinajstić information content (AvgIpc) is 2.38. The number of likely N-dealkylation sites (tertiary alicyclic amines) is 1. The molecule has 2 atom stereocenters. The summed E-state index contributed by atoms with van der Waals surface area (Å²) in [6.07, 6.45) is 5.70. The summed E-state index contributed by atoms with van der Waals surface area (Å²) in [6, 6.07) is 0. The van der Waals surface area contributed by atoms with Gasteiger partial charge in [0.05, 0.1) is 0 Å². The van der Waals surface area contributed by atoms with Gasteiger partial charge in [-0.25, -0.2) is 0 Å². The maximum absolute atomic E-state index is 12.4. The second-order valence-electron chi connectivity index (χ2n) is 7.37. The third-order valence-corrected chi connectivity index (χ3v) is 4.89. The number of piperidine rings is 2. The van der Waals surface area contributed by atoms with Crippen molar-refractivity contribution in [3.63, 3.8) is 0 Å². The van der Waals surface area contributed by atoms with Gasteiger partial charge in [-0.3, -0.25) is 4.79 Å². The van der Waals surface area contributed by atoms with E-state index in [1.807, 2.05) is 0 Å². The zero-order chi connectivity index (χ0) is 13.9. The highest BCUT2D eigenvalue weighted by molar-refractivity contribution is 5.85. The lowest BCUT2D eigenvalue weighted by Crippen LogP contribution is -2.44. The van der Waals surface area contributed by atoms with Crippen LogP contribution in [0.4, 0.5) is 0 Å². The Morgan fingerprint density at radius 2 is 2.15 bits per heavy atom. The van der Waals surface area contributed by atoms with E-state index < -0.39 is 0 Å². The van der Waals surface area contributed by atoms with Crippen molar-refractivity contribution in [2.45, 2.75) is 52.9 Å². The Hall–Kier alpha value is -0.280. The van der Waals surface area contributed by atoms with Gasteiger partial charge in [-0.2, -0.15) is 0 Å². The molecule has 1 amide bonds. The standard InChI is InChI=1S/C16H30N2O.ClH/c1-13(14-6-4-8-17-11-14)10-15(19)18-9-5-7-16(2,3)12-18;/h13-14,17H,4-12H2,1-3H3;1H. The van der Waals surface area contributed by atoms with Crippen molar-refractivity contribution in [2.75, 3.05) is 26.2 Å². The average molecular weight is 303 g/mol. The molecule has 1 N–H and O–H groups in total. The quantitative estimate of drug-likeness (QED) is 0.869. The zero-order valence-corrected chi connectivity index (χ0v) is 14.1. The molecule has 0 saturated carbocycles. The molecule has 2 rings (SSSR count). The lowest BCUT2D eigenvalue weighted by atomic mass is 9.82. The van der Waals surface area contributed by atoms with E-state index in [1.165, 1.54) is 19.3 Å². The Balaban J connectivity index is 0.00000200. The van der Waals surface area contributed by atoms with Crippen molar-refractivity contribution in [1.29, 1.82) is 0 Å². The van der Waals surface area contributed by atoms with Crippen LogP contribution < -0.4 is 5.32 Å². The van der Waals surface area contributed by atoms with Gasteiger partial charge in [-0.05, 0) is 56.0 Å². The van der Waals surface area contributed by atoms with Crippen molar-refractivity contribution < 1.29 is 4.79 Å². The minimum atomic E-state index is 0. The van der Waals surface area contributed by atoms with E-state index in [4.69, 9.17) is 0 Å². The number of rotatable bonds is 3. The molecule has 2 heterocycles. The number of halogens is 1. The summed E-state index contributed by atoms with van der Waals surface area (Å²) in [5, 5.41) is 3.46. The molecule has 20 heavy (non-hydrogen) atoms. The van der Waals surface area contributed by atoms with E-state index in [9.17, 15) is 4.79 Å². The normalized spacial score (nSPS) is 27.6. The molecule has 2 aliphatic heterocycles. The molecule has 118 valence electrons. The van der Waals surface area contributed by atoms with Crippen molar-refractivity contribution in [1.82, 2.24) is 10.2 Å². The van der Waals surface area contributed by atoms with Crippen LogP contribution in [0.15, 0.2) is 0 Å². The molecule has 3 nitrogen and oxygen atoms in total. The number of nitrogens with zero attached hydrogens (tertiary/aromatic N) is 1.